The summed E-state index contributed by atoms with van der Waals surface area (Å²) in [5, 5.41) is 0. The van der Waals surface area contributed by atoms with Gasteiger partial charge >= 0.3 is 0 Å². The molecule has 0 aromatic heterocycles. The molecule has 0 heterocycles. The summed E-state index contributed by atoms with van der Waals surface area (Å²) in [5.41, 5.74) is 2.79. The highest BCUT2D eigenvalue weighted by Gasteiger charge is 2.58. The van der Waals surface area contributed by atoms with Gasteiger partial charge in [0.2, 0.25) is 0 Å². The summed E-state index contributed by atoms with van der Waals surface area (Å²) in [4.78, 5) is 12.1. The Hall–Kier alpha value is -0.590. The third kappa shape index (κ3) is 4.93. The van der Waals surface area contributed by atoms with Gasteiger partial charge in [-0.25, -0.2) is 0 Å². The molecule has 0 radical (unpaired) electrons. The zero-order chi connectivity index (χ0) is 22.6. The number of hydrogen-bond acceptors (Lipinski definition) is 1. The van der Waals surface area contributed by atoms with E-state index in [9.17, 15) is 4.79 Å². The topological polar surface area (TPSA) is 17.1 Å². The maximum absolute atomic E-state index is 12.1. The van der Waals surface area contributed by atoms with E-state index >= 15 is 0 Å². The lowest BCUT2D eigenvalue weighted by molar-refractivity contribution is -0.136. The summed E-state index contributed by atoms with van der Waals surface area (Å²) in [6.45, 7) is 7.53. The second kappa shape index (κ2) is 10.8. The van der Waals surface area contributed by atoms with E-state index < -0.39 is 0 Å². The largest absolute Gasteiger partial charge is 0.300 e. The Kier molecular flexibility index (Phi) is 8.26. The highest BCUT2D eigenvalue weighted by atomic mass is 16.1. The highest BCUT2D eigenvalue weighted by molar-refractivity contribution is 5.79. The number of fused-ring (bicyclic) bond motifs is 5. The van der Waals surface area contributed by atoms with Crippen LogP contribution in [0, 0.1) is 34.5 Å². The van der Waals surface area contributed by atoms with E-state index in [1.165, 1.54) is 109 Å². The molecule has 0 saturated heterocycles. The maximum Gasteiger partial charge on any atom is 0.133 e. The molecule has 6 atom stereocenters. The minimum Gasteiger partial charge on any atom is -0.300 e. The fourth-order valence-corrected chi connectivity index (χ4v) is 8.96. The Balaban J connectivity index is 1.26. The van der Waals surface area contributed by atoms with Crippen molar-refractivity contribution in [2.75, 3.05) is 0 Å². The summed E-state index contributed by atoms with van der Waals surface area (Å²) in [6, 6.07) is 0. The van der Waals surface area contributed by atoms with E-state index in [1.807, 2.05) is 5.57 Å². The van der Waals surface area contributed by atoms with Gasteiger partial charge in [-0.3, -0.25) is 4.79 Å². The summed E-state index contributed by atoms with van der Waals surface area (Å²) in [5.74, 6) is 3.99. The second-order valence-corrected chi connectivity index (χ2v) is 12.7. The average Bonchev–Trinajstić information content (AvgIpc) is 3.12. The quantitative estimate of drug-likeness (QED) is 0.244. The molecule has 4 unspecified atom stereocenters. The predicted octanol–water partition coefficient (Wildman–Crippen LogP) is 9.45. The second-order valence-electron chi connectivity index (χ2n) is 12.7. The van der Waals surface area contributed by atoms with Crippen LogP contribution in [0.15, 0.2) is 11.6 Å². The van der Waals surface area contributed by atoms with Gasteiger partial charge in [0.15, 0.2) is 0 Å². The van der Waals surface area contributed by atoms with Crippen LogP contribution in [0.25, 0.3) is 0 Å². The standard InChI is InChI=1S/C31H52O/c1-4-5-6-7-8-9-10-11-12-13-14-24-16-18-28-27-17-15-25-23-26(32)19-21-31(25,3)29(27)20-22-30(24,28)2/h14,25,27-29H,4-13,15-23H2,1-3H3/b24-14-/t25?,27?,28?,29?,30-,31+/m1/s1. The third-order valence-electron chi connectivity index (χ3n) is 11.0. The number of Topliss-reactive ketones (excluding diaryl/α,β-unsaturated/α-hetero) is 1. The molecule has 0 bridgehead atoms. The fourth-order valence-electron chi connectivity index (χ4n) is 8.96. The maximum atomic E-state index is 12.1. The van der Waals surface area contributed by atoms with Gasteiger partial charge in [-0.05, 0) is 92.3 Å². The average molecular weight is 441 g/mol. The van der Waals surface area contributed by atoms with Crippen LogP contribution in [0.5, 0.6) is 0 Å². The summed E-state index contributed by atoms with van der Waals surface area (Å²) < 4.78 is 0. The minimum absolute atomic E-state index is 0.459. The molecule has 4 rings (SSSR count). The summed E-state index contributed by atoms with van der Waals surface area (Å²) in [6.07, 6.45) is 28.2. The number of carbonyl (C=O) groups is 1. The molecule has 0 aliphatic heterocycles. The lowest BCUT2D eigenvalue weighted by Gasteiger charge is -2.59. The van der Waals surface area contributed by atoms with Crippen LogP contribution in [-0.2, 0) is 4.79 Å². The van der Waals surface area contributed by atoms with Gasteiger partial charge in [0, 0.05) is 12.8 Å². The molecule has 4 fully saturated rings. The van der Waals surface area contributed by atoms with Gasteiger partial charge in [0.25, 0.3) is 0 Å². The van der Waals surface area contributed by atoms with Crippen LogP contribution in [0.4, 0.5) is 0 Å². The molecule has 4 aliphatic rings. The van der Waals surface area contributed by atoms with Gasteiger partial charge in [0.1, 0.15) is 5.78 Å². The number of rotatable bonds is 10. The first-order chi connectivity index (χ1) is 15.5. The SMILES string of the molecule is CCCCCCCCCCC/C=C1/CCC2C3CCC4CC(=O)CC[C@]4(C)C3CC[C@]12C. The van der Waals surface area contributed by atoms with E-state index in [4.69, 9.17) is 0 Å². The first-order valence-electron chi connectivity index (χ1n) is 14.7. The van der Waals surface area contributed by atoms with Crippen LogP contribution in [-0.4, -0.2) is 5.78 Å². The fraction of sp³-hybridized carbons (Fsp3) is 0.903. The first-order valence-corrected chi connectivity index (χ1v) is 14.7. The molecule has 4 saturated carbocycles. The van der Waals surface area contributed by atoms with Crippen LogP contribution in [0.3, 0.4) is 0 Å². The Morgan fingerprint density at radius 2 is 1.53 bits per heavy atom. The molecule has 182 valence electrons. The molecule has 1 nitrogen and oxygen atoms in total. The van der Waals surface area contributed by atoms with Crippen molar-refractivity contribution in [1.29, 1.82) is 0 Å². The summed E-state index contributed by atoms with van der Waals surface area (Å²) >= 11 is 0. The van der Waals surface area contributed by atoms with E-state index in [0.29, 0.717) is 22.5 Å². The van der Waals surface area contributed by atoms with Gasteiger partial charge < -0.3 is 0 Å². The normalized spacial score (nSPS) is 40.2. The number of ketones is 1. The number of unbranched alkanes of at least 4 members (excludes halogenated alkanes) is 9. The molecule has 32 heavy (non-hydrogen) atoms. The van der Waals surface area contributed by atoms with Gasteiger partial charge in [-0.2, -0.15) is 0 Å². The molecular weight excluding hydrogens is 388 g/mol. The number of allylic oxidation sites excluding steroid dienone is 2. The van der Waals surface area contributed by atoms with Gasteiger partial charge in [-0.1, -0.05) is 83.8 Å². The Morgan fingerprint density at radius 3 is 2.28 bits per heavy atom. The summed E-state index contributed by atoms with van der Waals surface area (Å²) in [7, 11) is 0. The Labute approximate surface area is 199 Å². The number of hydrogen-bond donors (Lipinski definition) is 0. The van der Waals surface area contributed by atoms with Crippen LogP contribution < -0.4 is 0 Å². The lowest BCUT2D eigenvalue weighted by Crippen LogP contribution is -2.52. The van der Waals surface area contributed by atoms with Crippen molar-refractivity contribution in [3.63, 3.8) is 0 Å². The van der Waals surface area contributed by atoms with Crippen molar-refractivity contribution in [1.82, 2.24) is 0 Å². The zero-order valence-corrected chi connectivity index (χ0v) is 21.7. The highest BCUT2D eigenvalue weighted by Crippen LogP contribution is 2.67. The van der Waals surface area contributed by atoms with Crippen LogP contribution in [0.1, 0.15) is 143 Å². The van der Waals surface area contributed by atoms with Crippen molar-refractivity contribution < 1.29 is 4.79 Å². The van der Waals surface area contributed by atoms with Crippen LogP contribution >= 0.6 is 0 Å². The van der Waals surface area contributed by atoms with E-state index in [2.05, 4.69) is 26.8 Å². The van der Waals surface area contributed by atoms with Crippen LogP contribution in [0.2, 0.25) is 0 Å². The predicted molar refractivity (Wildman–Crippen MR) is 137 cm³/mol. The van der Waals surface area contributed by atoms with E-state index in [-0.39, 0.29) is 0 Å². The Bertz CT molecular complexity index is 661. The molecule has 4 aliphatic carbocycles. The number of carbonyl (C=O) groups excluding carboxylic acids is 1. The third-order valence-corrected chi connectivity index (χ3v) is 11.0. The smallest absolute Gasteiger partial charge is 0.133 e. The zero-order valence-electron chi connectivity index (χ0n) is 21.7. The minimum atomic E-state index is 0.459. The van der Waals surface area contributed by atoms with Gasteiger partial charge in [-0.15, -0.1) is 0 Å². The van der Waals surface area contributed by atoms with Crippen molar-refractivity contribution >= 4 is 5.78 Å². The molecule has 0 amide bonds. The Morgan fingerprint density at radius 1 is 0.812 bits per heavy atom. The van der Waals surface area contributed by atoms with E-state index in [1.54, 1.807) is 0 Å². The monoisotopic (exact) mass is 440 g/mol. The van der Waals surface area contributed by atoms with Crippen molar-refractivity contribution in [3.8, 4) is 0 Å². The molecule has 0 aromatic rings. The molecule has 1 heteroatoms. The molecule has 0 N–H and O–H groups in total. The molecule has 0 aromatic carbocycles. The molecular formula is C31H52O. The van der Waals surface area contributed by atoms with E-state index in [0.717, 1.165) is 30.6 Å². The van der Waals surface area contributed by atoms with Crippen molar-refractivity contribution in [2.24, 2.45) is 34.5 Å². The first kappa shape index (κ1) is 24.5. The molecule has 0 spiro atoms. The van der Waals surface area contributed by atoms with Crippen molar-refractivity contribution in [3.05, 3.63) is 11.6 Å². The van der Waals surface area contributed by atoms with Crippen molar-refractivity contribution in [2.45, 2.75) is 143 Å². The van der Waals surface area contributed by atoms with Gasteiger partial charge in [0.05, 0.1) is 0 Å². The lowest BCUT2D eigenvalue weighted by atomic mass is 9.45.